The van der Waals surface area contributed by atoms with Gasteiger partial charge in [-0.15, -0.1) is 0 Å². The molecule has 0 aliphatic carbocycles. The Morgan fingerprint density at radius 2 is 1.96 bits per heavy atom. The maximum Gasteiger partial charge on any atom is 0.409 e. The van der Waals surface area contributed by atoms with Gasteiger partial charge >= 0.3 is 6.09 Å². The van der Waals surface area contributed by atoms with E-state index in [4.69, 9.17) is 9.47 Å². The molecule has 0 unspecified atom stereocenters. The van der Waals surface area contributed by atoms with Crippen LogP contribution in [-0.4, -0.2) is 68.2 Å². The third-order valence-electron chi connectivity index (χ3n) is 3.91. The van der Waals surface area contributed by atoms with Crippen molar-refractivity contribution in [3.05, 3.63) is 24.3 Å². The largest absolute Gasteiger partial charge is 0.497 e. The van der Waals surface area contributed by atoms with E-state index in [2.05, 4.69) is 10.2 Å². The third-order valence-corrected chi connectivity index (χ3v) is 3.91. The van der Waals surface area contributed by atoms with E-state index in [9.17, 15) is 9.59 Å². The molecular formula is C17H25N3O4. The molecular weight excluding hydrogens is 310 g/mol. The molecule has 1 N–H and O–H groups in total. The summed E-state index contributed by atoms with van der Waals surface area (Å²) in [5.41, 5.74) is 0.728. The first-order chi connectivity index (χ1) is 11.6. The Balaban J connectivity index is 1.70. The molecule has 24 heavy (non-hydrogen) atoms. The summed E-state index contributed by atoms with van der Waals surface area (Å²) in [4.78, 5) is 27.6. The van der Waals surface area contributed by atoms with Crippen LogP contribution in [0.25, 0.3) is 0 Å². The summed E-state index contributed by atoms with van der Waals surface area (Å²) >= 11 is 0. The predicted molar refractivity (Wildman–Crippen MR) is 91.3 cm³/mol. The summed E-state index contributed by atoms with van der Waals surface area (Å²) < 4.78 is 10.1. The SMILES string of the molecule is CCOC(=O)N1CCN(CCC(=O)Nc2cccc(OC)c2)CC1. The van der Waals surface area contributed by atoms with Gasteiger partial charge in [0.1, 0.15) is 5.75 Å². The van der Waals surface area contributed by atoms with Crippen molar-refractivity contribution in [2.75, 3.05) is 51.8 Å². The molecule has 1 saturated heterocycles. The van der Waals surface area contributed by atoms with Crippen LogP contribution >= 0.6 is 0 Å². The molecule has 0 radical (unpaired) electrons. The van der Waals surface area contributed by atoms with Gasteiger partial charge in [0.15, 0.2) is 0 Å². The number of hydrogen-bond acceptors (Lipinski definition) is 5. The van der Waals surface area contributed by atoms with E-state index >= 15 is 0 Å². The zero-order valence-corrected chi connectivity index (χ0v) is 14.3. The number of benzene rings is 1. The van der Waals surface area contributed by atoms with Crippen molar-refractivity contribution in [1.29, 1.82) is 0 Å². The van der Waals surface area contributed by atoms with E-state index in [1.165, 1.54) is 0 Å². The lowest BCUT2D eigenvalue weighted by atomic mass is 10.2. The van der Waals surface area contributed by atoms with Crippen LogP contribution < -0.4 is 10.1 Å². The number of hydrogen-bond donors (Lipinski definition) is 1. The molecule has 1 fully saturated rings. The minimum Gasteiger partial charge on any atom is -0.497 e. The third kappa shape index (κ3) is 5.42. The van der Waals surface area contributed by atoms with Gasteiger partial charge in [0.05, 0.1) is 13.7 Å². The lowest BCUT2D eigenvalue weighted by Crippen LogP contribution is -2.49. The second-order valence-corrected chi connectivity index (χ2v) is 5.56. The monoisotopic (exact) mass is 335 g/mol. The van der Waals surface area contributed by atoms with Gasteiger partial charge in [-0.1, -0.05) is 6.07 Å². The molecule has 1 heterocycles. The molecule has 1 aliphatic rings. The molecule has 0 atom stereocenters. The summed E-state index contributed by atoms with van der Waals surface area (Å²) in [7, 11) is 1.59. The first kappa shape index (κ1) is 18.1. The maximum atomic E-state index is 12.0. The highest BCUT2D eigenvalue weighted by molar-refractivity contribution is 5.91. The standard InChI is InChI=1S/C17H25N3O4/c1-3-24-17(22)20-11-9-19(10-12-20)8-7-16(21)18-14-5-4-6-15(13-14)23-2/h4-6,13H,3,7-12H2,1-2H3,(H,18,21). The minimum atomic E-state index is -0.257. The topological polar surface area (TPSA) is 71.1 Å². The smallest absolute Gasteiger partial charge is 0.409 e. The molecule has 1 aromatic rings. The number of nitrogens with one attached hydrogen (secondary N) is 1. The van der Waals surface area contributed by atoms with Gasteiger partial charge in [0, 0.05) is 50.9 Å². The van der Waals surface area contributed by atoms with Crippen LogP contribution in [0.3, 0.4) is 0 Å². The Morgan fingerprint density at radius 3 is 2.62 bits per heavy atom. The highest BCUT2D eigenvalue weighted by Gasteiger charge is 2.21. The summed E-state index contributed by atoms with van der Waals surface area (Å²) in [5, 5.41) is 2.87. The highest BCUT2D eigenvalue weighted by atomic mass is 16.6. The normalized spacial score (nSPS) is 15.0. The first-order valence-corrected chi connectivity index (χ1v) is 8.20. The summed E-state index contributed by atoms with van der Waals surface area (Å²) in [5.74, 6) is 0.680. The number of ether oxygens (including phenoxy) is 2. The van der Waals surface area contributed by atoms with Crippen molar-refractivity contribution >= 4 is 17.7 Å². The van der Waals surface area contributed by atoms with Crippen LogP contribution in [0.2, 0.25) is 0 Å². The van der Waals surface area contributed by atoms with E-state index < -0.39 is 0 Å². The van der Waals surface area contributed by atoms with E-state index in [1.807, 2.05) is 18.2 Å². The Hall–Kier alpha value is -2.28. The fraction of sp³-hybridized carbons (Fsp3) is 0.529. The van der Waals surface area contributed by atoms with Gasteiger partial charge in [-0.05, 0) is 19.1 Å². The van der Waals surface area contributed by atoms with E-state index in [-0.39, 0.29) is 12.0 Å². The number of nitrogens with zero attached hydrogens (tertiary/aromatic N) is 2. The molecule has 2 amide bonds. The number of methoxy groups -OCH3 is 1. The number of carbonyl (C=O) groups excluding carboxylic acids is 2. The van der Waals surface area contributed by atoms with Gasteiger partial charge in [0.25, 0.3) is 0 Å². The average Bonchev–Trinajstić information content (AvgIpc) is 2.61. The number of piperazine rings is 1. The molecule has 2 rings (SSSR count). The van der Waals surface area contributed by atoms with Gasteiger partial charge in [-0.25, -0.2) is 4.79 Å². The van der Waals surface area contributed by atoms with Crippen molar-refractivity contribution in [1.82, 2.24) is 9.80 Å². The lowest BCUT2D eigenvalue weighted by molar-refractivity contribution is -0.116. The predicted octanol–water partition coefficient (Wildman–Crippen LogP) is 1.80. The van der Waals surface area contributed by atoms with Crippen molar-refractivity contribution in [2.24, 2.45) is 0 Å². The van der Waals surface area contributed by atoms with E-state index in [1.54, 1.807) is 25.0 Å². The Morgan fingerprint density at radius 1 is 1.21 bits per heavy atom. The number of carbonyl (C=O) groups is 2. The van der Waals surface area contributed by atoms with Crippen LogP contribution in [0, 0.1) is 0 Å². The van der Waals surface area contributed by atoms with Gasteiger partial charge < -0.3 is 19.7 Å². The lowest BCUT2D eigenvalue weighted by Gasteiger charge is -2.33. The number of anilines is 1. The summed E-state index contributed by atoms with van der Waals surface area (Å²) in [6.45, 7) is 5.65. The Bertz CT molecular complexity index is 557. The number of rotatable bonds is 6. The molecule has 132 valence electrons. The average molecular weight is 335 g/mol. The summed E-state index contributed by atoms with van der Waals surface area (Å²) in [6, 6.07) is 7.29. The Kier molecular flexibility index (Phi) is 6.87. The first-order valence-electron chi connectivity index (χ1n) is 8.20. The van der Waals surface area contributed by atoms with Gasteiger partial charge in [-0.3, -0.25) is 9.69 Å². The van der Waals surface area contributed by atoms with Crippen molar-refractivity contribution in [3.63, 3.8) is 0 Å². The zero-order chi connectivity index (χ0) is 17.4. The van der Waals surface area contributed by atoms with E-state index in [0.29, 0.717) is 38.4 Å². The molecule has 1 aliphatic heterocycles. The molecule has 0 spiro atoms. The zero-order valence-electron chi connectivity index (χ0n) is 14.3. The van der Waals surface area contributed by atoms with E-state index in [0.717, 1.165) is 18.8 Å². The van der Waals surface area contributed by atoms with Crippen LogP contribution in [0.15, 0.2) is 24.3 Å². The van der Waals surface area contributed by atoms with Crippen molar-refractivity contribution < 1.29 is 19.1 Å². The summed E-state index contributed by atoms with van der Waals surface area (Å²) in [6.07, 6.45) is 0.157. The molecule has 7 nitrogen and oxygen atoms in total. The fourth-order valence-electron chi connectivity index (χ4n) is 2.55. The quantitative estimate of drug-likeness (QED) is 0.858. The molecule has 0 saturated carbocycles. The van der Waals surface area contributed by atoms with Gasteiger partial charge in [-0.2, -0.15) is 0 Å². The minimum absolute atomic E-state index is 0.0314. The second kappa shape index (κ2) is 9.12. The van der Waals surface area contributed by atoms with Crippen LogP contribution in [-0.2, 0) is 9.53 Å². The van der Waals surface area contributed by atoms with Crippen molar-refractivity contribution in [3.8, 4) is 5.75 Å². The van der Waals surface area contributed by atoms with Crippen LogP contribution in [0.4, 0.5) is 10.5 Å². The van der Waals surface area contributed by atoms with Crippen LogP contribution in [0.5, 0.6) is 5.75 Å². The van der Waals surface area contributed by atoms with Crippen LogP contribution in [0.1, 0.15) is 13.3 Å². The number of amides is 2. The highest BCUT2D eigenvalue weighted by Crippen LogP contribution is 2.16. The molecule has 0 bridgehead atoms. The van der Waals surface area contributed by atoms with Crippen molar-refractivity contribution in [2.45, 2.75) is 13.3 Å². The Labute approximate surface area is 142 Å². The molecule has 7 heteroatoms. The maximum absolute atomic E-state index is 12.0. The fourth-order valence-corrected chi connectivity index (χ4v) is 2.55. The molecule has 0 aromatic heterocycles. The molecule has 1 aromatic carbocycles. The second-order valence-electron chi connectivity index (χ2n) is 5.56. The van der Waals surface area contributed by atoms with Gasteiger partial charge in [0.2, 0.25) is 5.91 Å².